The average molecular weight is 300 g/mol. The number of hydrogen-bond donors (Lipinski definition) is 1. The van der Waals surface area contributed by atoms with Crippen LogP contribution in [-0.4, -0.2) is 29.3 Å². The van der Waals surface area contributed by atoms with E-state index in [4.69, 9.17) is 0 Å². The monoisotopic (exact) mass is 300 g/mol. The molecule has 2 aliphatic rings. The van der Waals surface area contributed by atoms with E-state index in [-0.39, 0.29) is 24.4 Å². The Labute approximate surface area is 131 Å². The zero-order valence-corrected chi connectivity index (χ0v) is 13.0. The van der Waals surface area contributed by atoms with Crippen LogP contribution in [0.3, 0.4) is 0 Å². The van der Waals surface area contributed by atoms with Crippen LogP contribution in [0, 0.1) is 5.92 Å². The van der Waals surface area contributed by atoms with Gasteiger partial charge < -0.3 is 10.2 Å². The second-order valence-corrected chi connectivity index (χ2v) is 6.54. The van der Waals surface area contributed by atoms with Gasteiger partial charge in [-0.2, -0.15) is 0 Å². The number of carbonyl (C=O) groups is 2. The highest BCUT2D eigenvalue weighted by Crippen LogP contribution is 2.28. The van der Waals surface area contributed by atoms with Gasteiger partial charge in [0, 0.05) is 6.54 Å². The van der Waals surface area contributed by atoms with Crippen LogP contribution in [0.5, 0.6) is 0 Å². The van der Waals surface area contributed by atoms with E-state index in [0.29, 0.717) is 12.5 Å². The molecule has 1 atom stereocenters. The third-order valence-electron chi connectivity index (χ3n) is 4.79. The van der Waals surface area contributed by atoms with Crippen LogP contribution in [0.15, 0.2) is 30.3 Å². The molecular formula is C18H24N2O2. The van der Waals surface area contributed by atoms with Crippen LogP contribution >= 0.6 is 0 Å². The summed E-state index contributed by atoms with van der Waals surface area (Å²) in [6.07, 6.45) is 7.01. The molecule has 4 heteroatoms. The van der Waals surface area contributed by atoms with Gasteiger partial charge in [-0.25, -0.2) is 0 Å². The lowest BCUT2D eigenvalue weighted by Crippen LogP contribution is -2.58. The molecule has 1 saturated carbocycles. The summed E-state index contributed by atoms with van der Waals surface area (Å²) in [4.78, 5) is 26.3. The molecule has 1 aliphatic heterocycles. The van der Waals surface area contributed by atoms with Gasteiger partial charge in [-0.3, -0.25) is 9.59 Å². The number of piperazine rings is 1. The Hall–Kier alpha value is -1.84. The maximum absolute atomic E-state index is 12.7. The molecule has 0 spiro atoms. The molecule has 0 unspecified atom stereocenters. The largest absolute Gasteiger partial charge is 0.343 e. The zero-order valence-electron chi connectivity index (χ0n) is 13.0. The molecule has 4 nitrogen and oxygen atoms in total. The lowest BCUT2D eigenvalue weighted by atomic mass is 9.84. The number of nitrogens with zero attached hydrogens (tertiary/aromatic N) is 1. The SMILES string of the molecule is O=C1CN(Cc2ccccc2)C(=O)[C@H](CC2CCCCC2)N1. The molecule has 22 heavy (non-hydrogen) atoms. The van der Waals surface area contributed by atoms with Crippen molar-refractivity contribution < 1.29 is 9.59 Å². The Morgan fingerprint density at radius 3 is 2.50 bits per heavy atom. The molecule has 1 aromatic carbocycles. The first-order chi connectivity index (χ1) is 10.7. The van der Waals surface area contributed by atoms with Gasteiger partial charge in [-0.05, 0) is 17.9 Å². The number of amides is 2. The minimum Gasteiger partial charge on any atom is -0.343 e. The van der Waals surface area contributed by atoms with E-state index in [0.717, 1.165) is 12.0 Å². The van der Waals surface area contributed by atoms with Crippen molar-refractivity contribution in [2.75, 3.05) is 6.54 Å². The highest BCUT2D eigenvalue weighted by atomic mass is 16.2. The first-order valence-electron chi connectivity index (χ1n) is 8.34. The van der Waals surface area contributed by atoms with Crippen LogP contribution in [-0.2, 0) is 16.1 Å². The van der Waals surface area contributed by atoms with Gasteiger partial charge in [-0.15, -0.1) is 0 Å². The normalized spacial score (nSPS) is 23.5. The molecule has 0 aromatic heterocycles. The van der Waals surface area contributed by atoms with E-state index in [1.165, 1.54) is 32.1 Å². The van der Waals surface area contributed by atoms with Crippen molar-refractivity contribution in [2.45, 2.75) is 51.1 Å². The Balaban J connectivity index is 1.64. The van der Waals surface area contributed by atoms with Gasteiger partial charge in [-0.1, -0.05) is 62.4 Å². The van der Waals surface area contributed by atoms with Gasteiger partial charge in [0.25, 0.3) is 0 Å². The third-order valence-corrected chi connectivity index (χ3v) is 4.79. The predicted molar refractivity (Wildman–Crippen MR) is 85.0 cm³/mol. The summed E-state index contributed by atoms with van der Waals surface area (Å²) in [5.41, 5.74) is 1.07. The summed E-state index contributed by atoms with van der Waals surface area (Å²) in [7, 11) is 0. The first-order valence-corrected chi connectivity index (χ1v) is 8.34. The summed E-state index contributed by atoms with van der Waals surface area (Å²) in [5.74, 6) is 0.630. The molecule has 1 aliphatic carbocycles. The van der Waals surface area contributed by atoms with E-state index >= 15 is 0 Å². The molecule has 0 bridgehead atoms. The van der Waals surface area contributed by atoms with E-state index in [9.17, 15) is 9.59 Å². The predicted octanol–water partition coefficient (Wildman–Crippen LogP) is 2.48. The number of nitrogens with one attached hydrogen (secondary N) is 1. The van der Waals surface area contributed by atoms with Crippen molar-refractivity contribution in [1.29, 1.82) is 0 Å². The van der Waals surface area contributed by atoms with Crippen molar-refractivity contribution >= 4 is 11.8 Å². The molecule has 2 fully saturated rings. The van der Waals surface area contributed by atoms with Crippen LogP contribution in [0.4, 0.5) is 0 Å². The smallest absolute Gasteiger partial charge is 0.245 e. The maximum atomic E-state index is 12.7. The third kappa shape index (κ3) is 3.67. The summed E-state index contributed by atoms with van der Waals surface area (Å²) in [6, 6.07) is 9.55. The fraction of sp³-hybridized carbons (Fsp3) is 0.556. The summed E-state index contributed by atoms with van der Waals surface area (Å²) < 4.78 is 0. The standard InChI is InChI=1S/C18H24N2O2/c21-17-13-20(12-15-9-5-2-6-10-15)18(22)16(19-17)11-14-7-3-1-4-8-14/h2,5-6,9-10,14,16H,1,3-4,7-8,11-13H2,(H,19,21)/t16-/m0/s1. The highest BCUT2D eigenvalue weighted by Gasteiger charge is 2.34. The van der Waals surface area contributed by atoms with Crippen molar-refractivity contribution in [3.63, 3.8) is 0 Å². The fourth-order valence-electron chi connectivity index (χ4n) is 3.63. The molecule has 1 heterocycles. The Kier molecular flexibility index (Phi) is 4.76. The quantitative estimate of drug-likeness (QED) is 0.928. The van der Waals surface area contributed by atoms with Gasteiger partial charge >= 0.3 is 0 Å². The number of hydrogen-bond acceptors (Lipinski definition) is 2. The fourth-order valence-corrected chi connectivity index (χ4v) is 3.63. The van der Waals surface area contributed by atoms with E-state index in [1.54, 1.807) is 4.90 Å². The number of benzene rings is 1. The van der Waals surface area contributed by atoms with Crippen LogP contribution < -0.4 is 5.32 Å². The van der Waals surface area contributed by atoms with E-state index < -0.39 is 0 Å². The van der Waals surface area contributed by atoms with Crippen LogP contribution in [0.1, 0.15) is 44.1 Å². The number of rotatable bonds is 4. The first kappa shape index (κ1) is 15.1. The van der Waals surface area contributed by atoms with Crippen molar-refractivity contribution in [2.24, 2.45) is 5.92 Å². The molecule has 1 saturated heterocycles. The van der Waals surface area contributed by atoms with E-state index in [1.807, 2.05) is 30.3 Å². The average Bonchev–Trinajstić information content (AvgIpc) is 2.54. The summed E-state index contributed by atoms with van der Waals surface area (Å²) in [6.45, 7) is 0.698. The maximum Gasteiger partial charge on any atom is 0.245 e. The molecule has 118 valence electrons. The Bertz CT molecular complexity index is 523. The second kappa shape index (κ2) is 6.95. The topological polar surface area (TPSA) is 49.4 Å². The van der Waals surface area contributed by atoms with Gasteiger partial charge in [0.05, 0.1) is 6.54 Å². The zero-order chi connectivity index (χ0) is 15.4. The van der Waals surface area contributed by atoms with Crippen molar-refractivity contribution in [3.8, 4) is 0 Å². The van der Waals surface area contributed by atoms with Gasteiger partial charge in [0.2, 0.25) is 11.8 Å². The Morgan fingerprint density at radius 2 is 1.77 bits per heavy atom. The van der Waals surface area contributed by atoms with Crippen molar-refractivity contribution in [1.82, 2.24) is 10.2 Å². The van der Waals surface area contributed by atoms with Crippen LogP contribution in [0.2, 0.25) is 0 Å². The molecule has 3 rings (SSSR count). The molecule has 0 radical (unpaired) electrons. The van der Waals surface area contributed by atoms with Crippen LogP contribution in [0.25, 0.3) is 0 Å². The number of carbonyl (C=O) groups excluding carboxylic acids is 2. The minimum absolute atomic E-state index is 0.0312. The summed E-state index contributed by atoms with van der Waals surface area (Å²) >= 11 is 0. The second-order valence-electron chi connectivity index (χ2n) is 6.54. The van der Waals surface area contributed by atoms with Gasteiger partial charge in [0.1, 0.15) is 6.04 Å². The highest BCUT2D eigenvalue weighted by molar-refractivity contribution is 5.94. The molecule has 2 amide bonds. The summed E-state index contributed by atoms with van der Waals surface area (Å²) in [5, 5.41) is 2.90. The lowest BCUT2D eigenvalue weighted by molar-refractivity contribution is -0.145. The van der Waals surface area contributed by atoms with E-state index in [2.05, 4.69) is 5.32 Å². The van der Waals surface area contributed by atoms with Crippen molar-refractivity contribution in [3.05, 3.63) is 35.9 Å². The minimum atomic E-state index is -0.326. The molecule has 1 N–H and O–H groups in total. The molecule has 1 aromatic rings. The van der Waals surface area contributed by atoms with Gasteiger partial charge in [0.15, 0.2) is 0 Å². The molecular weight excluding hydrogens is 276 g/mol. The Morgan fingerprint density at radius 1 is 1.05 bits per heavy atom. The lowest BCUT2D eigenvalue weighted by Gasteiger charge is -2.35.